The van der Waals surface area contributed by atoms with Crippen molar-refractivity contribution in [3.05, 3.63) is 35.4 Å². The fraction of sp³-hybridized carbons (Fsp3) is 0.429. The second-order valence-corrected chi connectivity index (χ2v) is 5.22. The van der Waals surface area contributed by atoms with Gasteiger partial charge >= 0.3 is 0 Å². The van der Waals surface area contributed by atoms with E-state index in [0.717, 1.165) is 12.2 Å². The van der Waals surface area contributed by atoms with E-state index in [-0.39, 0.29) is 11.9 Å². The van der Waals surface area contributed by atoms with Gasteiger partial charge in [-0.2, -0.15) is 17.0 Å². The van der Waals surface area contributed by atoms with Crippen molar-refractivity contribution in [2.45, 2.75) is 19.4 Å². The number of thioether (sulfide) groups is 1. The van der Waals surface area contributed by atoms with Crippen LogP contribution in [0, 0.1) is 11.3 Å². The number of amides is 1. The molecule has 1 aromatic carbocycles. The molecular weight excluding hydrogens is 244 g/mol. The molecule has 0 bridgehead atoms. The van der Waals surface area contributed by atoms with Gasteiger partial charge in [0.15, 0.2) is 0 Å². The first-order valence-electron chi connectivity index (χ1n) is 5.86. The molecule has 1 unspecified atom stereocenters. The molecule has 0 radical (unpaired) electrons. The fourth-order valence-electron chi connectivity index (χ4n) is 1.61. The molecule has 4 heteroatoms. The van der Waals surface area contributed by atoms with Crippen LogP contribution in [0.1, 0.15) is 29.3 Å². The molecule has 0 aliphatic rings. The van der Waals surface area contributed by atoms with E-state index in [9.17, 15) is 4.79 Å². The van der Waals surface area contributed by atoms with Crippen LogP contribution in [0.15, 0.2) is 24.3 Å². The molecular formula is C14H18N2OS. The first kappa shape index (κ1) is 14.6. The Balaban J connectivity index is 2.76. The lowest BCUT2D eigenvalue weighted by Crippen LogP contribution is -2.35. The SMILES string of the molecule is CSCCC(C)N(C)C(=O)c1cccc(C#N)c1. The molecule has 0 aliphatic carbocycles. The van der Waals surface area contributed by atoms with Gasteiger partial charge in [0.05, 0.1) is 11.6 Å². The quantitative estimate of drug-likeness (QED) is 0.819. The van der Waals surface area contributed by atoms with Crippen molar-refractivity contribution >= 4 is 17.7 Å². The highest BCUT2D eigenvalue weighted by Crippen LogP contribution is 2.12. The van der Waals surface area contributed by atoms with E-state index in [2.05, 4.69) is 12.3 Å². The second-order valence-electron chi connectivity index (χ2n) is 4.24. The Morgan fingerprint density at radius 3 is 2.89 bits per heavy atom. The Morgan fingerprint density at radius 2 is 2.28 bits per heavy atom. The third kappa shape index (κ3) is 3.78. The molecule has 0 N–H and O–H groups in total. The lowest BCUT2D eigenvalue weighted by molar-refractivity contribution is 0.0741. The molecule has 0 spiro atoms. The van der Waals surface area contributed by atoms with E-state index in [1.807, 2.05) is 14.0 Å². The number of carbonyl (C=O) groups excluding carboxylic acids is 1. The summed E-state index contributed by atoms with van der Waals surface area (Å²) in [6, 6.07) is 9.09. The molecule has 3 nitrogen and oxygen atoms in total. The topological polar surface area (TPSA) is 44.1 Å². The third-order valence-corrected chi connectivity index (χ3v) is 3.60. The average molecular weight is 262 g/mol. The molecule has 1 amide bonds. The van der Waals surface area contributed by atoms with Gasteiger partial charge in [-0.15, -0.1) is 0 Å². The van der Waals surface area contributed by atoms with E-state index in [4.69, 9.17) is 5.26 Å². The maximum Gasteiger partial charge on any atom is 0.253 e. The summed E-state index contributed by atoms with van der Waals surface area (Å²) in [5.41, 5.74) is 1.10. The van der Waals surface area contributed by atoms with Gasteiger partial charge in [-0.3, -0.25) is 4.79 Å². The summed E-state index contributed by atoms with van der Waals surface area (Å²) in [5, 5.41) is 8.83. The summed E-state index contributed by atoms with van der Waals surface area (Å²) in [7, 11) is 1.81. The third-order valence-electron chi connectivity index (χ3n) is 2.96. The molecule has 1 rings (SSSR count). The monoisotopic (exact) mass is 262 g/mol. The Hall–Kier alpha value is -1.47. The summed E-state index contributed by atoms with van der Waals surface area (Å²) < 4.78 is 0. The lowest BCUT2D eigenvalue weighted by atomic mass is 10.1. The smallest absolute Gasteiger partial charge is 0.253 e. The maximum absolute atomic E-state index is 12.2. The summed E-state index contributed by atoms with van der Waals surface area (Å²) in [6.07, 6.45) is 3.03. The van der Waals surface area contributed by atoms with E-state index in [1.165, 1.54) is 0 Å². The number of benzene rings is 1. The van der Waals surface area contributed by atoms with E-state index in [0.29, 0.717) is 11.1 Å². The van der Waals surface area contributed by atoms with Gasteiger partial charge in [0, 0.05) is 18.7 Å². The van der Waals surface area contributed by atoms with Crippen LogP contribution in [0.4, 0.5) is 0 Å². The second kappa shape index (κ2) is 7.07. The maximum atomic E-state index is 12.2. The van der Waals surface area contributed by atoms with E-state index >= 15 is 0 Å². The number of rotatable bonds is 5. The molecule has 0 saturated heterocycles. The number of hydrogen-bond donors (Lipinski definition) is 0. The summed E-state index contributed by atoms with van der Waals surface area (Å²) in [6.45, 7) is 2.04. The van der Waals surface area contributed by atoms with E-state index < -0.39 is 0 Å². The standard InChI is InChI=1S/C14H18N2OS/c1-11(7-8-18-3)16(2)14(17)13-6-4-5-12(9-13)10-15/h4-6,9,11H,7-8H2,1-3H3. The predicted molar refractivity (Wildman–Crippen MR) is 75.7 cm³/mol. The van der Waals surface area contributed by atoms with Crippen LogP contribution in [0.25, 0.3) is 0 Å². The summed E-state index contributed by atoms with van der Waals surface area (Å²) in [4.78, 5) is 14.0. The van der Waals surface area contributed by atoms with Gasteiger partial charge < -0.3 is 4.90 Å². The zero-order chi connectivity index (χ0) is 13.5. The van der Waals surface area contributed by atoms with Gasteiger partial charge in [-0.25, -0.2) is 0 Å². The molecule has 0 aromatic heterocycles. The van der Waals surface area contributed by atoms with Crippen molar-refractivity contribution in [3.63, 3.8) is 0 Å². The molecule has 0 saturated carbocycles. The number of nitriles is 1. The molecule has 96 valence electrons. The molecule has 1 atom stereocenters. The van der Waals surface area contributed by atoms with Gasteiger partial charge in [0.1, 0.15) is 0 Å². The minimum atomic E-state index is -0.0271. The molecule has 1 aromatic rings. The first-order valence-corrected chi connectivity index (χ1v) is 7.25. The minimum absolute atomic E-state index is 0.0271. The molecule has 18 heavy (non-hydrogen) atoms. The van der Waals surface area contributed by atoms with Gasteiger partial charge in [0.25, 0.3) is 5.91 Å². The highest BCUT2D eigenvalue weighted by molar-refractivity contribution is 7.98. The molecule has 0 aliphatic heterocycles. The fourth-order valence-corrected chi connectivity index (χ4v) is 2.18. The normalized spacial score (nSPS) is 11.7. The zero-order valence-electron chi connectivity index (χ0n) is 11.0. The Morgan fingerprint density at radius 1 is 1.56 bits per heavy atom. The summed E-state index contributed by atoms with van der Waals surface area (Å²) in [5.74, 6) is 1.01. The van der Waals surface area contributed by atoms with Gasteiger partial charge in [-0.1, -0.05) is 6.07 Å². The van der Waals surface area contributed by atoms with Gasteiger partial charge in [0.2, 0.25) is 0 Å². The molecule has 0 fully saturated rings. The van der Waals surface area contributed by atoms with Crippen LogP contribution < -0.4 is 0 Å². The first-order chi connectivity index (χ1) is 8.60. The average Bonchev–Trinajstić information content (AvgIpc) is 2.43. The minimum Gasteiger partial charge on any atom is -0.339 e. The van der Waals surface area contributed by atoms with Crippen LogP contribution in [0.3, 0.4) is 0 Å². The van der Waals surface area contributed by atoms with Crippen molar-refractivity contribution < 1.29 is 4.79 Å². The highest BCUT2D eigenvalue weighted by Gasteiger charge is 2.17. The predicted octanol–water partition coefficient (Wildman–Crippen LogP) is 2.77. The van der Waals surface area contributed by atoms with Crippen molar-refractivity contribution in [3.8, 4) is 6.07 Å². The zero-order valence-corrected chi connectivity index (χ0v) is 11.8. The number of hydrogen-bond acceptors (Lipinski definition) is 3. The number of nitrogens with zero attached hydrogens (tertiary/aromatic N) is 2. The van der Waals surface area contributed by atoms with Crippen molar-refractivity contribution in [1.82, 2.24) is 4.90 Å². The lowest BCUT2D eigenvalue weighted by Gasteiger charge is -2.24. The highest BCUT2D eigenvalue weighted by atomic mass is 32.2. The van der Waals surface area contributed by atoms with Crippen LogP contribution in [0.5, 0.6) is 0 Å². The van der Waals surface area contributed by atoms with Crippen molar-refractivity contribution in [1.29, 1.82) is 5.26 Å². The van der Waals surface area contributed by atoms with Crippen LogP contribution in [0.2, 0.25) is 0 Å². The van der Waals surface area contributed by atoms with E-state index in [1.54, 1.807) is 40.9 Å². The largest absolute Gasteiger partial charge is 0.339 e. The Bertz CT molecular complexity index is 453. The van der Waals surface area contributed by atoms with Crippen molar-refractivity contribution in [2.75, 3.05) is 19.1 Å². The number of carbonyl (C=O) groups is 1. The van der Waals surface area contributed by atoms with Crippen molar-refractivity contribution in [2.24, 2.45) is 0 Å². The van der Waals surface area contributed by atoms with Crippen LogP contribution in [-0.2, 0) is 0 Å². The van der Waals surface area contributed by atoms with Gasteiger partial charge in [-0.05, 0) is 43.6 Å². The van der Waals surface area contributed by atoms with Crippen LogP contribution >= 0.6 is 11.8 Å². The molecule has 0 heterocycles. The summed E-state index contributed by atoms with van der Waals surface area (Å²) >= 11 is 1.78. The van der Waals surface area contributed by atoms with Crippen LogP contribution in [-0.4, -0.2) is 35.9 Å². The Labute approximate surface area is 113 Å². The Kier molecular flexibility index (Phi) is 5.73.